The van der Waals surface area contributed by atoms with Gasteiger partial charge in [-0.1, -0.05) is 68.4 Å². The van der Waals surface area contributed by atoms with E-state index < -0.39 is 0 Å². The molecule has 1 rings (SSSR count). The van der Waals surface area contributed by atoms with E-state index >= 15 is 0 Å². The lowest BCUT2D eigenvalue weighted by Crippen LogP contribution is -1.96. The smallest absolute Gasteiger partial charge is 0.191 e. The Kier molecular flexibility index (Phi) is 14.3. The Morgan fingerprint density at radius 1 is 0.885 bits per heavy atom. The van der Waals surface area contributed by atoms with Crippen LogP contribution in [0.5, 0.6) is 0 Å². The molecule has 0 saturated carbocycles. The predicted molar refractivity (Wildman–Crippen MR) is 115 cm³/mol. The lowest BCUT2D eigenvalue weighted by atomic mass is 10.1. The van der Waals surface area contributed by atoms with E-state index in [0.717, 1.165) is 32.1 Å². The third-order valence-electron chi connectivity index (χ3n) is 3.90. The molecular weight excluding hydrogens is 338 g/mol. The van der Waals surface area contributed by atoms with Crippen molar-refractivity contribution in [3.63, 3.8) is 0 Å². The van der Waals surface area contributed by atoms with Gasteiger partial charge >= 0.3 is 0 Å². The quantitative estimate of drug-likeness (QED) is 0.182. The van der Waals surface area contributed by atoms with Crippen molar-refractivity contribution < 1.29 is 4.79 Å². The molecular formula is C23H33NOS. The first-order valence-electron chi connectivity index (χ1n) is 9.87. The Hall–Kier alpha value is -1.74. The third kappa shape index (κ3) is 12.6. The molecule has 0 aromatic carbocycles. The number of carbonyl (C=O) groups is 1. The van der Waals surface area contributed by atoms with Gasteiger partial charge in [-0.2, -0.15) is 0 Å². The molecule has 1 aromatic rings. The SMILES string of the molecule is CCCCCC=CCC=CCC=CCC=CCCCC(=O)c1nccs1. The summed E-state index contributed by atoms with van der Waals surface area (Å²) in [5, 5.41) is 2.48. The third-order valence-corrected chi connectivity index (χ3v) is 4.72. The minimum absolute atomic E-state index is 0.163. The summed E-state index contributed by atoms with van der Waals surface area (Å²) in [5.41, 5.74) is 0. The van der Waals surface area contributed by atoms with Crippen molar-refractivity contribution >= 4 is 17.1 Å². The number of allylic oxidation sites excluding steroid dienone is 8. The predicted octanol–water partition coefficient (Wildman–Crippen LogP) is 7.47. The van der Waals surface area contributed by atoms with Crippen molar-refractivity contribution in [3.8, 4) is 0 Å². The second-order valence-electron chi connectivity index (χ2n) is 6.24. The van der Waals surface area contributed by atoms with Crippen LogP contribution in [-0.2, 0) is 0 Å². The molecule has 0 atom stereocenters. The van der Waals surface area contributed by atoms with E-state index in [1.807, 2.05) is 5.38 Å². The molecule has 0 spiro atoms. The molecule has 1 heterocycles. The number of nitrogens with zero attached hydrogens (tertiary/aromatic N) is 1. The van der Waals surface area contributed by atoms with Gasteiger partial charge in [-0.15, -0.1) is 11.3 Å². The van der Waals surface area contributed by atoms with Crippen molar-refractivity contribution in [1.82, 2.24) is 4.98 Å². The van der Waals surface area contributed by atoms with Gasteiger partial charge in [0.15, 0.2) is 10.8 Å². The largest absolute Gasteiger partial charge is 0.292 e. The van der Waals surface area contributed by atoms with Gasteiger partial charge in [-0.05, 0) is 44.9 Å². The Morgan fingerprint density at radius 3 is 2.00 bits per heavy atom. The van der Waals surface area contributed by atoms with Crippen molar-refractivity contribution in [2.24, 2.45) is 0 Å². The Bertz CT molecular complexity index is 567. The van der Waals surface area contributed by atoms with Crippen molar-refractivity contribution in [1.29, 1.82) is 0 Å². The standard InChI is InChI=1S/C23H33NOS/c1-2-3-4-5-6-7-8-9-10-11-12-13-14-15-16-17-18-19-22(25)23-24-20-21-26-23/h6-7,9-10,12-13,15-16,20-21H,2-5,8,11,14,17-19H2,1H3. The van der Waals surface area contributed by atoms with Crippen LogP contribution < -0.4 is 0 Å². The number of unbranched alkanes of at least 4 members (excludes halogenated alkanes) is 4. The number of hydrogen-bond donors (Lipinski definition) is 0. The molecule has 0 N–H and O–H groups in total. The summed E-state index contributed by atoms with van der Waals surface area (Å²) in [6.45, 7) is 2.24. The molecule has 0 radical (unpaired) electrons. The van der Waals surface area contributed by atoms with Crippen LogP contribution in [0.1, 0.15) is 80.9 Å². The zero-order chi connectivity index (χ0) is 18.7. The molecule has 0 fully saturated rings. The molecule has 0 bridgehead atoms. The zero-order valence-corrected chi connectivity index (χ0v) is 16.9. The van der Waals surface area contributed by atoms with Gasteiger partial charge < -0.3 is 0 Å². The molecule has 0 aliphatic heterocycles. The average Bonchev–Trinajstić information content (AvgIpc) is 3.19. The van der Waals surface area contributed by atoms with Crippen molar-refractivity contribution in [2.45, 2.75) is 71.1 Å². The maximum atomic E-state index is 11.8. The van der Waals surface area contributed by atoms with Crippen LogP contribution in [0.25, 0.3) is 0 Å². The second-order valence-corrected chi connectivity index (χ2v) is 7.14. The highest BCUT2D eigenvalue weighted by molar-refractivity contribution is 7.11. The molecule has 0 saturated heterocycles. The molecule has 0 unspecified atom stereocenters. The highest BCUT2D eigenvalue weighted by Crippen LogP contribution is 2.10. The first kappa shape index (κ1) is 22.3. The van der Waals surface area contributed by atoms with Crippen LogP contribution in [0.3, 0.4) is 0 Å². The number of ketones is 1. The van der Waals surface area contributed by atoms with E-state index in [-0.39, 0.29) is 5.78 Å². The molecule has 0 amide bonds. The van der Waals surface area contributed by atoms with Gasteiger partial charge in [0.05, 0.1) is 0 Å². The highest BCUT2D eigenvalue weighted by atomic mass is 32.1. The molecule has 3 heteroatoms. The summed E-state index contributed by atoms with van der Waals surface area (Å²) in [5.74, 6) is 0.163. The van der Waals surface area contributed by atoms with Gasteiger partial charge in [0.1, 0.15) is 0 Å². The van der Waals surface area contributed by atoms with E-state index in [1.165, 1.54) is 37.0 Å². The van der Waals surface area contributed by atoms with Crippen LogP contribution in [0.15, 0.2) is 60.2 Å². The summed E-state index contributed by atoms with van der Waals surface area (Å²) in [7, 11) is 0. The van der Waals surface area contributed by atoms with Gasteiger partial charge in [0.25, 0.3) is 0 Å². The fraction of sp³-hybridized carbons (Fsp3) is 0.478. The van der Waals surface area contributed by atoms with Crippen molar-refractivity contribution in [3.05, 3.63) is 65.2 Å². The molecule has 26 heavy (non-hydrogen) atoms. The second kappa shape index (κ2) is 16.7. The number of carbonyl (C=O) groups excluding carboxylic acids is 1. The molecule has 2 nitrogen and oxygen atoms in total. The van der Waals surface area contributed by atoms with E-state index in [2.05, 4.69) is 60.5 Å². The summed E-state index contributed by atoms with van der Waals surface area (Å²) in [6.07, 6.45) is 30.0. The zero-order valence-electron chi connectivity index (χ0n) is 16.1. The van der Waals surface area contributed by atoms with Crippen LogP contribution in [0.2, 0.25) is 0 Å². The topological polar surface area (TPSA) is 30.0 Å². The molecule has 0 aliphatic rings. The number of thiazole rings is 1. The average molecular weight is 372 g/mol. The minimum atomic E-state index is 0.163. The minimum Gasteiger partial charge on any atom is -0.292 e. The maximum Gasteiger partial charge on any atom is 0.191 e. The van der Waals surface area contributed by atoms with E-state index in [4.69, 9.17) is 0 Å². The maximum absolute atomic E-state index is 11.8. The first-order valence-corrected chi connectivity index (χ1v) is 10.7. The van der Waals surface area contributed by atoms with Gasteiger partial charge in [0.2, 0.25) is 0 Å². The van der Waals surface area contributed by atoms with Crippen molar-refractivity contribution in [2.75, 3.05) is 0 Å². The van der Waals surface area contributed by atoms with E-state index in [0.29, 0.717) is 11.4 Å². The summed E-state index contributed by atoms with van der Waals surface area (Å²) in [4.78, 5) is 15.8. The van der Waals surface area contributed by atoms with Crippen LogP contribution in [0.4, 0.5) is 0 Å². The number of aromatic nitrogens is 1. The highest BCUT2D eigenvalue weighted by Gasteiger charge is 2.06. The normalized spacial score (nSPS) is 12.3. The number of Topliss-reactive ketones (excluding diaryl/α,β-unsaturated/α-hetero) is 1. The van der Waals surface area contributed by atoms with E-state index in [1.54, 1.807) is 6.20 Å². The van der Waals surface area contributed by atoms with Crippen LogP contribution in [0, 0.1) is 0 Å². The van der Waals surface area contributed by atoms with Crippen LogP contribution in [-0.4, -0.2) is 10.8 Å². The summed E-state index contributed by atoms with van der Waals surface area (Å²) in [6, 6.07) is 0. The van der Waals surface area contributed by atoms with Gasteiger partial charge in [-0.25, -0.2) is 4.98 Å². The monoisotopic (exact) mass is 371 g/mol. The van der Waals surface area contributed by atoms with Gasteiger partial charge in [0, 0.05) is 18.0 Å². The van der Waals surface area contributed by atoms with E-state index in [9.17, 15) is 4.79 Å². The molecule has 142 valence electrons. The summed E-state index contributed by atoms with van der Waals surface area (Å²) < 4.78 is 0. The Balaban J connectivity index is 1.94. The Labute approximate surface area is 163 Å². The lowest BCUT2D eigenvalue weighted by molar-refractivity contribution is 0.0980. The summed E-state index contributed by atoms with van der Waals surface area (Å²) >= 11 is 1.42. The molecule has 1 aromatic heterocycles. The van der Waals surface area contributed by atoms with Gasteiger partial charge in [-0.3, -0.25) is 4.79 Å². The Morgan fingerprint density at radius 2 is 1.46 bits per heavy atom. The number of hydrogen-bond acceptors (Lipinski definition) is 3. The fourth-order valence-electron chi connectivity index (χ4n) is 2.41. The lowest BCUT2D eigenvalue weighted by Gasteiger charge is -1.94. The van der Waals surface area contributed by atoms with Crippen LogP contribution >= 0.6 is 11.3 Å². The number of rotatable bonds is 15. The fourth-order valence-corrected chi connectivity index (χ4v) is 3.02. The molecule has 0 aliphatic carbocycles. The first-order chi connectivity index (χ1) is 12.8.